The van der Waals surface area contributed by atoms with Crippen LogP contribution in [0.15, 0.2) is 48.5 Å². The van der Waals surface area contributed by atoms with Gasteiger partial charge in [0.25, 0.3) is 5.91 Å². The fourth-order valence-corrected chi connectivity index (χ4v) is 4.60. The van der Waals surface area contributed by atoms with Crippen molar-refractivity contribution < 1.29 is 14.4 Å². The number of carbonyl (C=O) groups excluding carboxylic acids is 3. The zero-order valence-corrected chi connectivity index (χ0v) is 19.5. The third-order valence-corrected chi connectivity index (χ3v) is 6.07. The van der Waals surface area contributed by atoms with E-state index in [1.165, 1.54) is 0 Å². The molecule has 3 aromatic rings. The van der Waals surface area contributed by atoms with Crippen molar-refractivity contribution in [2.24, 2.45) is 0 Å². The molecule has 1 amide bonds. The summed E-state index contributed by atoms with van der Waals surface area (Å²) in [4.78, 5) is 40.2. The van der Waals surface area contributed by atoms with E-state index in [2.05, 4.69) is 17.6 Å². The van der Waals surface area contributed by atoms with Gasteiger partial charge in [-0.1, -0.05) is 55.3 Å². The number of benzene rings is 3. The van der Waals surface area contributed by atoms with Crippen molar-refractivity contribution in [2.45, 2.75) is 40.5 Å². The lowest BCUT2D eigenvalue weighted by Gasteiger charge is -2.24. The van der Waals surface area contributed by atoms with E-state index in [-0.39, 0.29) is 23.0 Å². The van der Waals surface area contributed by atoms with Crippen LogP contribution in [0.2, 0.25) is 0 Å². The first-order valence-corrected chi connectivity index (χ1v) is 11.3. The number of fused-ring (bicyclic) bond motifs is 2. The second-order valence-electron chi connectivity index (χ2n) is 8.62. The average Bonchev–Trinajstić information content (AvgIpc) is 2.77. The Hall–Kier alpha value is -3.73. The van der Waals surface area contributed by atoms with Crippen LogP contribution in [0.25, 0.3) is 0 Å². The molecule has 0 aromatic heterocycles. The highest BCUT2D eigenvalue weighted by Crippen LogP contribution is 2.37. The summed E-state index contributed by atoms with van der Waals surface area (Å²) in [6.45, 7) is 8.57. The van der Waals surface area contributed by atoms with E-state index >= 15 is 0 Å². The Balaban J connectivity index is 1.82. The van der Waals surface area contributed by atoms with Gasteiger partial charge in [-0.25, -0.2) is 0 Å². The normalized spacial score (nSPS) is 12.2. The summed E-state index contributed by atoms with van der Waals surface area (Å²) in [6.07, 6.45) is 1.95. The minimum atomic E-state index is -0.294. The highest BCUT2D eigenvalue weighted by atomic mass is 16.2. The van der Waals surface area contributed by atoms with Gasteiger partial charge in [0.15, 0.2) is 11.6 Å². The Morgan fingerprint density at radius 1 is 0.818 bits per heavy atom. The minimum absolute atomic E-state index is 0.210. The van der Waals surface area contributed by atoms with E-state index in [1.807, 2.05) is 32.9 Å². The van der Waals surface area contributed by atoms with Crippen LogP contribution >= 0.6 is 0 Å². The van der Waals surface area contributed by atoms with E-state index < -0.39 is 0 Å². The smallest absolute Gasteiger partial charge is 0.256 e. The Bertz CT molecular complexity index is 1270. The van der Waals surface area contributed by atoms with Gasteiger partial charge in [-0.05, 0) is 50.5 Å². The Kier molecular flexibility index (Phi) is 6.14. The molecule has 4 rings (SSSR count). The molecular weight excluding hydrogens is 412 g/mol. The second kappa shape index (κ2) is 9.02. The minimum Gasteiger partial charge on any atom is -0.384 e. The maximum atomic E-state index is 13.5. The highest BCUT2D eigenvalue weighted by Gasteiger charge is 2.34. The maximum Gasteiger partial charge on any atom is 0.256 e. The molecule has 0 saturated heterocycles. The van der Waals surface area contributed by atoms with Crippen LogP contribution < -0.4 is 10.6 Å². The molecule has 0 fully saturated rings. The lowest BCUT2D eigenvalue weighted by molar-refractivity contribution is 0.0979. The van der Waals surface area contributed by atoms with Crippen LogP contribution in [0.4, 0.5) is 11.4 Å². The quantitative estimate of drug-likeness (QED) is 0.369. The van der Waals surface area contributed by atoms with Crippen LogP contribution in [0, 0.1) is 20.8 Å². The van der Waals surface area contributed by atoms with Crippen molar-refractivity contribution in [3.8, 4) is 0 Å². The first-order valence-electron chi connectivity index (χ1n) is 11.3. The molecule has 0 heterocycles. The summed E-state index contributed by atoms with van der Waals surface area (Å²) in [5.41, 5.74) is 5.68. The number of amides is 1. The van der Waals surface area contributed by atoms with E-state index in [0.717, 1.165) is 29.5 Å². The lowest BCUT2D eigenvalue weighted by atomic mass is 9.82. The number of unbranched alkanes of at least 4 members (excludes halogenated alkanes) is 1. The Morgan fingerprint density at radius 2 is 1.36 bits per heavy atom. The van der Waals surface area contributed by atoms with Gasteiger partial charge in [0, 0.05) is 28.9 Å². The van der Waals surface area contributed by atoms with E-state index in [9.17, 15) is 14.4 Å². The molecule has 33 heavy (non-hydrogen) atoms. The topological polar surface area (TPSA) is 75.3 Å². The van der Waals surface area contributed by atoms with Crippen molar-refractivity contribution in [1.29, 1.82) is 0 Å². The van der Waals surface area contributed by atoms with Gasteiger partial charge in [-0.3, -0.25) is 14.4 Å². The number of anilines is 2. The summed E-state index contributed by atoms with van der Waals surface area (Å²) in [5.74, 6) is -0.761. The number of hydrogen-bond acceptors (Lipinski definition) is 4. The van der Waals surface area contributed by atoms with Gasteiger partial charge < -0.3 is 10.6 Å². The molecule has 0 spiro atoms. The molecule has 0 radical (unpaired) electrons. The zero-order chi connectivity index (χ0) is 23.7. The Morgan fingerprint density at radius 3 is 1.94 bits per heavy atom. The number of rotatable bonds is 6. The number of aryl methyl sites for hydroxylation is 3. The Labute approximate surface area is 194 Å². The van der Waals surface area contributed by atoms with Crippen molar-refractivity contribution in [1.82, 2.24) is 0 Å². The molecule has 5 nitrogen and oxygen atoms in total. The van der Waals surface area contributed by atoms with Gasteiger partial charge in [0.05, 0.1) is 16.8 Å². The van der Waals surface area contributed by atoms with Crippen molar-refractivity contribution in [2.75, 3.05) is 17.2 Å². The number of ketones is 2. The maximum absolute atomic E-state index is 13.5. The molecule has 0 unspecified atom stereocenters. The number of carbonyl (C=O) groups is 3. The SMILES string of the molecule is CCCCNc1ccc(NC(=O)c2c(C)cc(C)cc2C)c2c1C(=O)c1ccccc1C2=O. The third kappa shape index (κ3) is 4.07. The molecule has 0 saturated carbocycles. The molecule has 0 bridgehead atoms. The lowest BCUT2D eigenvalue weighted by Crippen LogP contribution is -2.26. The fourth-order valence-electron chi connectivity index (χ4n) is 4.60. The summed E-state index contributed by atoms with van der Waals surface area (Å²) < 4.78 is 0. The van der Waals surface area contributed by atoms with Crippen LogP contribution in [0.5, 0.6) is 0 Å². The van der Waals surface area contributed by atoms with Crippen molar-refractivity contribution >= 4 is 28.8 Å². The van der Waals surface area contributed by atoms with Crippen molar-refractivity contribution in [3.63, 3.8) is 0 Å². The van der Waals surface area contributed by atoms with Crippen LogP contribution in [0.3, 0.4) is 0 Å². The molecular formula is C28H28N2O3. The van der Waals surface area contributed by atoms with Gasteiger partial charge >= 0.3 is 0 Å². The molecule has 0 aliphatic heterocycles. The molecule has 3 aromatic carbocycles. The monoisotopic (exact) mass is 440 g/mol. The summed E-state index contributed by atoms with van der Waals surface area (Å²) >= 11 is 0. The predicted octanol–water partition coefficient (Wildman–Crippen LogP) is 5.85. The number of nitrogens with one attached hydrogen (secondary N) is 2. The van der Waals surface area contributed by atoms with E-state index in [1.54, 1.807) is 36.4 Å². The highest BCUT2D eigenvalue weighted by molar-refractivity contribution is 6.32. The van der Waals surface area contributed by atoms with E-state index in [4.69, 9.17) is 0 Å². The molecule has 1 aliphatic carbocycles. The van der Waals surface area contributed by atoms with E-state index in [0.29, 0.717) is 40.2 Å². The van der Waals surface area contributed by atoms with Gasteiger partial charge in [0.2, 0.25) is 0 Å². The average molecular weight is 441 g/mol. The summed E-state index contributed by atoms with van der Waals surface area (Å²) in [7, 11) is 0. The standard InChI is InChI=1S/C28H28N2O3/c1-5-6-13-29-21-11-12-22(30-28(33)23-17(3)14-16(2)15-18(23)4)25-24(21)26(31)19-9-7-8-10-20(19)27(25)32/h7-12,14-15,29H,5-6,13H2,1-4H3,(H,30,33). The fraction of sp³-hybridized carbons (Fsp3) is 0.250. The first kappa shape index (κ1) is 22.5. The first-order chi connectivity index (χ1) is 15.8. The zero-order valence-electron chi connectivity index (χ0n) is 19.5. The van der Waals surface area contributed by atoms with Crippen molar-refractivity contribution in [3.05, 3.63) is 93.0 Å². The molecule has 2 N–H and O–H groups in total. The summed E-state index contributed by atoms with van der Waals surface area (Å²) in [6, 6.07) is 14.3. The van der Waals surface area contributed by atoms with Gasteiger partial charge in [0.1, 0.15) is 0 Å². The van der Waals surface area contributed by atoms with Crippen LogP contribution in [0.1, 0.15) is 78.7 Å². The molecule has 168 valence electrons. The van der Waals surface area contributed by atoms with Crippen LogP contribution in [-0.4, -0.2) is 24.0 Å². The largest absolute Gasteiger partial charge is 0.384 e. The summed E-state index contributed by atoms with van der Waals surface area (Å²) in [5, 5.41) is 6.23. The predicted molar refractivity (Wildman–Crippen MR) is 132 cm³/mol. The van der Waals surface area contributed by atoms with Gasteiger partial charge in [-0.2, -0.15) is 0 Å². The third-order valence-electron chi connectivity index (χ3n) is 6.07. The molecule has 1 aliphatic rings. The second-order valence-corrected chi connectivity index (χ2v) is 8.62. The molecule has 0 atom stereocenters. The number of hydrogen-bond donors (Lipinski definition) is 2. The molecule has 5 heteroatoms. The van der Waals surface area contributed by atoms with Crippen LogP contribution in [-0.2, 0) is 0 Å². The van der Waals surface area contributed by atoms with Gasteiger partial charge in [-0.15, -0.1) is 0 Å².